The van der Waals surface area contributed by atoms with E-state index in [1.807, 2.05) is 61.5 Å². The maximum Gasteiger partial charge on any atom is 0.164 e. The molecule has 0 radical (unpaired) electrons. The minimum absolute atomic E-state index is 0.670. The maximum atomic E-state index is 4.73. The van der Waals surface area contributed by atoms with Gasteiger partial charge in [-0.05, 0) is 53.8 Å². The first-order chi connectivity index (χ1) is 12.2. The topological polar surface area (TPSA) is 49.6 Å². The molecule has 1 N–H and O–H groups in total. The summed E-state index contributed by atoms with van der Waals surface area (Å²) in [6.07, 6.45) is 0. The second-order valence-corrected chi connectivity index (χ2v) is 6.85. The molecule has 0 saturated heterocycles. The molecule has 122 valence electrons. The summed E-state index contributed by atoms with van der Waals surface area (Å²) in [5.74, 6) is 2.16. The number of rotatable bonds is 2. The Morgan fingerprint density at radius 2 is 1.64 bits per heavy atom. The van der Waals surface area contributed by atoms with Gasteiger partial charge >= 0.3 is 0 Å². The molecule has 1 aliphatic rings. The Morgan fingerprint density at radius 1 is 0.880 bits per heavy atom. The lowest BCUT2D eigenvalue weighted by atomic mass is 10.1. The molecule has 25 heavy (non-hydrogen) atoms. The van der Waals surface area contributed by atoms with Crippen LogP contribution in [0.3, 0.4) is 0 Å². The van der Waals surface area contributed by atoms with Crippen molar-refractivity contribution in [3.8, 4) is 0 Å². The molecule has 0 atom stereocenters. The molecular weight excluding hydrogens is 423 g/mol. The van der Waals surface area contributed by atoms with Crippen LogP contribution in [0.5, 0.6) is 0 Å². The Labute approximate surface area is 159 Å². The van der Waals surface area contributed by atoms with E-state index in [1.165, 1.54) is 0 Å². The van der Waals surface area contributed by atoms with Gasteiger partial charge in [0.25, 0.3) is 0 Å². The first kappa shape index (κ1) is 16.0. The van der Waals surface area contributed by atoms with Crippen LogP contribution in [0.4, 0.5) is 11.5 Å². The van der Waals surface area contributed by atoms with Gasteiger partial charge in [-0.25, -0.2) is 15.0 Å². The number of pyridine rings is 1. The molecule has 4 nitrogen and oxygen atoms in total. The highest BCUT2D eigenvalue weighted by molar-refractivity contribution is 14.1. The normalized spacial score (nSPS) is 14.3. The van der Waals surface area contributed by atoms with Crippen LogP contribution in [-0.4, -0.2) is 16.7 Å². The van der Waals surface area contributed by atoms with E-state index in [4.69, 9.17) is 4.99 Å². The SMILES string of the molecule is Cc1cccc(/N=C2\N=C(Nc3ccccc3I)c3ccccc32)n1. The van der Waals surface area contributed by atoms with Gasteiger partial charge in [0, 0.05) is 20.4 Å². The smallest absolute Gasteiger partial charge is 0.164 e. The number of amidine groups is 2. The standard InChI is InChI=1S/C20H15IN4/c1-13-7-6-12-18(22-13)24-20-15-9-3-2-8-14(15)19(25-20)23-17-11-5-4-10-16(17)21/h2-12H,1H3,(H,22,23,24,25). The van der Waals surface area contributed by atoms with Gasteiger partial charge in [0.15, 0.2) is 11.7 Å². The van der Waals surface area contributed by atoms with Gasteiger partial charge < -0.3 is 5.32 Å². The van der Waals surface area contributed by atoms with Gasteiger partial charge in [-0.2, -0.15) is 0 Å². The van der Waals surface area contributed by atoms with Crippen molar-refractivity contribution < 1.29 is 0 Å². The Balaban J connectivity index is 1.76. The van der Waals surface area contributed by atoms with Gasteiger partial charge in [0.05, 0.1) is 5.69 Å². The number of benzene rings is 2. The molecule has 0 spiro atoms. The van der Waals surface area contributed by atoms with Gasteiger partial charge in [0.1, 0.15) is 5.84 Å². The van der Waals surface area contributed by atoms with Crippen LogP contribution in [0.2, 0.25) is 0 Å². The monoisotopic (exact) mass is 438 g/mol. The van der Waals surface area contributed by atoms with Crippen molar-refractivity contribution in [1.29, 1.82) is 0 Å². The summed E-state index contributed by atoms with van der Waals surface area (Å²) in [6, 6.07) is 22.1. The van der Waals surface area contributed by atoms with E-state index < -0.39 is 0 Å². The lowest BCUT2D eigenvalue weighted by molar-refractivity contribution is 1.18. The number of aromatic nitrogens is 1. The van der Waals surface area contributed by atoms with E-state index in [1.54, 1.807) is 0 Å². The van der Waals surface area contributed by atoms with Crippen molar-refractivity contribution in [3.63, 3.8) is 0 Å². The molecule has 3 aromatic rings. The Morgan fingerprint density at radius 3 is 2.44 bits per heavy atom. The molecule has 2 heterocycles. The average molecular weight is 438 g/mol. The Hall–Kier alpha value is -2.54. The minimum atomic E-state index is 0.670. The van der Waals surface area contributed by atoms with Crippen molar-refractivity contribution in [1.82, 2.24) is 4.98 Å². The van der Waals surface area contributed by atoms with E-state index in [9.17, 15) is 0 Å². The summed E-state index contributed by atoms with van der Waals surface area (Å²) in [5.41, 5.74) is 4.04. The molecule has 1 aliphatic heterocycles. The van der Waals surface area contributed by atoms with Crippen molar-refractivity contribution in [2.24, 2.45) is 9.98 Å². The molecule has 1 aromatic heterocycles. The average Bonchev–Trinajstić information content (AvgIpc) is 2.95. The highest BCUT2D eigenvalue weighted by Crippen LogP contribution is 2.25. The molecule has 4 rings (SSSR count). The predicted octanol–water partition coefficient (Wildman–Crippen LogP) is 4.95. The fourth-order valence-electron chi connectivity index (χ4n) is 2.68. The lowest BCUT2D eigenvalue weighted by Gasteiger charge is -2.08. The van der Waals surface area contributed by atoms with E-state index in [-0.39, 0.29) is 0 Å². The molecule has 0 unspecified atom stereocenters. The summed E-state index contributed by atoms with van der Waals surface area (Å²) in [6.45, 7) is 1.96. The molecule has 0 aliphatic carbocycles. The number of para-hydroxylation sites is 1. The first-order valence-corrected chi connectivity index (χ1v) is 9.01. The van der Waals surface area contributed by atoms with E-state index in [0.717, 1.165) is 31.9 Å². The fourth-order valence-corrected chi connectivity index (χ4v) is 3.20. The first-order valence-electron chi connectivity index (χ1n) is 7.93. The van der Waals surface area contributed by atoms with Crippen LogP contribution < -0.4 is 5.32 Å². The zero-order valence-corrected chi connectivity index (χ0v) is 15.7. The number of hydrogen-bond donors (Lipinski definition) is 1. The largest absolute Gasteiger partial charge is 0.339 e. The Bertz CT molecular complexity index is 1010. The van der Waals surface area contributed by atoms with Crippen LogP contribution in [0.1, 0.15) is 16.8 Å². The zero-order valence-electron chi connectivity index (χ0n) is 13.6. The number of nitrogens with zero attached hydrogens (tertiary/aromatic N) is 3. The number of fused-ring (bicyclic) bond motifs is 1. The van der Waals surface area contributed by atoms with Gasteiger partial charge in [-0.1, -0.05) is 42.5 Å². The summed E-state index contributed by atoms with van der Waals surface area (Å²) in [7, 11) is 0. The summed E-state index contributed by atoms with van der Waals surface area (Å²) < 4.78 is 1.14. The quantitative estimate of drug-likeness (QED) is 0.576. The fraction of sp³-hybridized carbons (Fsp3) is 0.0500. The van der Waals surface area contributed by atoms with Crippen LogP contribution >= 0.6 is 22.6 Å². The lowest BCUT2D eigenvalue weighted by Crippen LogP contribution is -2.12. The highest BCUT2D eigenvalue weighted by Gasteiger charge is 2.22. The van der Waals surface area contributed by atoms with Crippen LogP contribution in [0.25, 0.3) is 0 Å². The molecule has 0 bridgehead atoms. The third-order valence-electron chi connectivity index (χ3n) is 3.86. The van der Waals surface area contributed by atoms with E-state index in [2.05, 4.69) is 50.0 Å². The predicted molar refractivity (Wildman–Crippen MR) is 111 cm³/mol. The maximum absolute atomic E-state index is 4.73. The minimum Gasteiger partial charge on any atom is -0.339 e. The second kappa shape index (κ2) is 6.76. The molecule has 0 fully saturated rings. The highest BCUT2D eigenvalue weighted by atomic mass is 127. The number of hydrogen-bond acceptors (Lipinski definition) is 3. The molecule has 5 heteroatoms. The molecule has 2 aromatic carbocycles. The third-order valence-corrected chi connectivity index (χ3v) is 4.80. The third kappa shape index (κ3) is 3.32. The van der Waals surface area contributed by atoms with Crippen molar-refractivity contribution >= 4 is 45.8 Å². The van der Waals surface area contributed by atoms with E-state index in [0.29, 0.717) is 11.7 Å². The van der Waals surface area contributed by atoms with Crippen molar-refractivity contribution in [2.45, 2.75) is 6.92 Å². The van der Waals surface area contributed by atoms with E-state index >= 15 is 0 Å². The number of halogens is 1. The number of aliphatic imine (C=N–C) groups is 2. The number of anilines is 1. The summed E-state index contributed by atoms with van der Waals surface area (Å²) in [5, 5.41) is 3.43. The summed E-state index contributed by atoms with van der Waals surface area (Å²) in [4.78, 5) is 13.8. The van der Waals surface area contributed by atoms with Crippen molar-refractivity contribution in [3.05, 3.63) is 87.1 Å². The molecule has 0 saturated carbocycles. The number of nitrogens with one attached hydrogen (secondary N) is 1. The molecule has 0 amide bonds. The summed E-state index contributed by atoms with van der Waals surface area (Å²) >= 11 is 2.32. The van der Waals surface area contributed by atoms with Crippen molar-refractivity contribution in [2.75, 3.05) is 5.32 Å². The van der Waals surface area contributed by atoms with Crippen LogP contribution in [0, 0.1) is 10.5 Å². The van der Waals surface area contributed by atoms with Crippen LogP contribution in [0.15, 0.2) is 76.7 Å². The van der Waals surface area contributed by atoms with Gasteiger partial charge in [0.2, 0.25) is 0 Å². The Kier molecular flexibility index (Phi) is 4.31. The second-order valence-electron chi connectivity index (χ2n) is 5.68. The van der Waals surface area contributed by atoms with Gasteiger partial charge in [-0.15, -0.1) is 0 Å². The molecular formula is C20H15IN4. The van der Waals surface area contributed by atoms with Crippen LogP contribution in [-0.2, 0) is 0 Å². The zero-order chi connectivity index (χ0) is 17.2. The van der Waals surface area contributed by atoms with Gasteiger partial charge in [-0.3, -0.25) is 0 Å². The number of aryl methyl sites for hydroxylation is 1.